The molecule has 0 aliphatic carbocycles. The quantitative estimate of drug-likeness (QED) is 0.844. The third kappa shape index (κ3) is 2.55. The molecule has 1 rings (SSSR count). The molecule has 2 N–H and O–H groups in total. The van der Waals surface area contributed by atoms with Crippen LogP contribution >= 0.6 is 15.9 Å². The van der Waals surface area contributed by atoms with Gasteiger partial charge in [-0.1, -0.05) is 41.9 Å². The van der Waals surface area contributed by atoms with Crippen LogP contribution in [-0.4, -0.2) is 0 Å². The maximum atomic E-state index is 6.04. The van der Waals surface area contributed by atoms with Crippen LogP contribution in [0.2, 0.25) is 0 Å². The first kappa shape index (κ1) is 10.7. The molecule has 1 aromatic carbocycles. The third-order valence-corrected chi connectivity index (χ3v) is 3.17. The molecule has 0 aliphatic heterocycles. The van der Waals surface area contributed by atoms with Crippen molar-refractivity contribution in [1.29, 1.82) is 0 Å². The van der Waals surface area contributed by atoms with Crippen LogP contribution in [-0.2, 0) is 0 Å². The minimum absolute atomic E-state index is 0.145. The molecule has 0 unspecified atom stereocenters. The number of hydrogen-bond donors (Lipinski definition) is 1. The summed E-state index contributed by atoms with van der Waals surface area (Å²) in [5, 5.41) is 0. The molecule has 72 valence electrons. The van der Waals surface area contributed by atoms with Crippen molar-refractivity contribution >= 4 is 15.9 Å². The van der Waals surface area contributed by atoms with E-state index in [2.05, 4.69) is 54.9 Å². The zero-order valence-corrected chi connectivity index (χ0v) is 9.93. The van der Waals surface area contributed by atoms with E-state index in [0.717, 1.165) is 4.47 Å². The molecule has 0 saturated heterocycles. The van der Waals surface area contributed by atoms with Gasteiger partial charge < -0.3 is 5.73 Å². The maximum Gasteiger partial charge on any atom is 0.0318 e. The van der Waals surface area contributed by atoms with Gasteiger partial charge in [0.15, 0.2) is 0 Å². The fraction of sp³-hybridized carbons (Fsp3) is 0.455. The second-order valence-electron chi connectivity index (χ2n) is 3.78. The number of benzene rings is 1. The zero-order valence-electron chi connectivity index (χ0n) is 8.34. The Morgan fingerprint density at radius 1 is 1.31 bits per heavy atom. The highest BCUT2D eigenvalue weighted by Crippen LogP contribution is 2.23. The molecule has 0 spiro atoms. The van der Waals surface area contributed by atoms with Gasteiger partial charge in [-0.3, -0.25) is 0 Å². The molecule has 0 heterocycles. The second-order valence-corrected chi connectivity index (χ2v) is 4.63. The van der Waals surface area contributed by atoms with E-state index in [1.165, 1.54) is 11.1 Å². The van der Waals surface area contributed by atoms with E-state index < -0.39 is 0 Å². The molecule has 0 fully saturated rings. The smallest absolute Gasteiger partial charge is 0.0318 e. The predicted octanol–water partition coefficient (Wildman–Crippen LogP) is 3.41. The highest BCUT2D eigenvalue weighted by atomic mass is 79.9. The van der Waals surface area contributed by atoms with Gasteiger partial charge in [-0.05, 0) is 30.0 Å². The van der Waals surface area contributed by atoms with Crippen molar-refractivity contribution in [3.05, 3.63) is 33.8 Å². The van der Waals surface area contributed by atoms with Gasteiger partial charge in [0, 0.05) is 10.5 Å². The lowest BCUT2D eigenvalue weighted by Crippen LogP contribution is -2.16. The van der Waals surface area contributed by atoms with Crippen LogP contribution in [0.4, 0.5) is 0 Å². The van der Waals surface area contributed by atoms with Crippen molar-refractivity contribution in [3.63, 3.8) is 0 Å². The molecule has 0 radical (unpaired) electrons. The van der Waals surface area contributed by atoms with E-state index >= 15 is 0 Å². The summed E-state index contributed by atoms with van der Waals surface area (Å²) < 4.78 is 1.15. The van der Waals surface area contributed by atoms with Crippen LogP contribution in [0.25, 0.3) is 0 Å². The molecule has 2 heteroatoms. The lowest BCUT2D eigenvalue weighted by atomic mass is 9.96. The average Bonchev–Trinajstić information content (AvgIpc) is 2.08. The highest BCUT2D eigenvalue weighted by molar-refractivity contribution is 9.10. The first-order chi connectivity index (χ1) is 6.02. The number of aryl methyl sites for hydroxylation is 1. The van der Waals surface area contributed by atoms with E-state index in [4.69, 9.17) is 5.73 Å². The summed E-state index contributed by atoms with van der Waals surface area (Å²) in [5.41, 5.74) is 8.50. The van der Waals surface area contributed by atoms with Gasteiger partial charge in [0.1, 0.15) is 0 Å². The number of nitrogens with two attached hydrogens (primary N) is 1. The van der Waals surface area contributed by atoms with Gasteiger partial charge in [-0.15, -0.1) is 0 Å². The molecule has 0 aliphatic rings. The Bertz CT molecular complexity index is 294. The average molecular weight is 242 g/mol. The highest BCUT2D eigenvalue weighted by Gasteiger charge is 2.10. The van der Waals surface area contributed by atoms with Crippen molar-refractivity contribution in [1.82, 2.24) is 0 Å². The molecule has 0 bridgehead atoms. The van der Waals surface area contributed by atoms with E-state index in [0.29, 0.717) is 5.92 Å². The fourth-order valence-electron chi connectivity index (χ4n) is 1.26. The SMILES string of the molecule is Cc1cc([C@H](N)C(C)C)ccc1Br. The summed E-state index contributed by atoms with van der Waals surface area (Å²) in [6.07, 6.45) is 0. The molecule has 1 nitrogen and oxygen atoms in total. The summed E-state index contributed by atoms with van der Waals surface area (Å²) >= 11 is 3.47. The Morgan fingerprint density at radius 3 is 2.38 bits per heavy atom. The van der Waals surface area contributed by atoms with E-state index in [9.17, 15) is 0 Å². The zero-order chi connectivity index (χ0) is 10.0. The maximum absolute atomic E-state index is 6.04. The molecule has 0 amide bonds. The Balaban J connectivity index is 2.97. The number of hydrogen-bond acceptors (Lipinski definition) is 1. The van der Waals surface area contributed by atoms with E-state index in [-0.39, 0.29) is 6.04 Å². The van der Waals surface area contributed by atoms with Gasteiger partial charge in [-0.25, -0.2) is 0 Å². The Labute approximate surface area is 88.5 Å². The molecule has 0 saturated carbocycles. The summed E-state index contributed by atoms with van der Waals surface area (Å²) in [6, 6.07) is 6.44. The summed E-state index contributed by atoms with van der Waals surface area (Å²) in [4.78, 5) is 0. The molecule has 1 atom stereocenters. The van der Waals surface area contributed by atoms with Gasteiger partial charge >= 0.3 is 0 Å². The van der Waals surface area contributed by atoms with Crippen LogP contribution in [0.15, 0.2) is 22.7 Å². The van der Waals surface area contributed by atoms with Crippen molar-refractivity contribution in [2.45, 2.75) is 26.8 Å². The Kier molecular flexibility index (Phi) is 3.51. The van der Waals surface area contributed by atoms with Crippen LogP contribution in [0.3, 0.4) is 0 Å². The Hall–Kier alpha value is -0.340. The van der Waals surface area contributed by atoms with Crippen molar-refractivity contribution in [2.24, 2.45) is 11.7 Å². The minimum atomic E-state index is 0.145. The summed E-state index contributed by atoms with van der Waals surface area (Å²) in [7, 11) is 0. The fourth-order valence-corrected chi connectivity index (χ4v) is 1.51. The van der Waals surface area contributed by atoms with Crippen molar-refractivity contribution < 1.29 is 0 Å². The molecular formula is C11H16BrN. The van der Waals surface area contributed by atoms with Gasteiger partial charge in [-0.2, -0.15) is 0 Å². The lowest BCUT2D eigenvalue weighted by molar-refractivity contribution is 0.514. The van der Waals surface area contributed by atoms with Crippen LogP contribution in [0.5, 0.6) is 0 Å². The van der Waals surface area contributed by atoms with Gasteiger partial charge in [0.2, 0.25) is 0 Å². The van der Waals surface area contributed by atoms with Crippen LogP contribution in [0.1, 0.15) is 31.0 Å². The first-order valence-electron chi connectivity index (χ1n) is 4.54. The normalized spacial score (nSPS) is 13.4. The van der Waals surface area contributed by atoms with Gasteiger partial charge in [0.25, 0.3) is 0 Å². The predicted molar refractivity (Wildman–Crippen MR) is 60.6 cm³/mol. The van der Waals surface area contributed by atoms with Crippen LogP contribution in [0, 0.1) is 12.8 Å². The largest absolute Gasteiger partial charge is 0.324 e. The summed E-state index contributed by atoms with van der Waals surface area (Å²) in [6.45, 7) is 6.37. The van der Waals surface area contributed by atoms with E-state index in [1.807, 2.05) is 0 Å². The Morgan fingerprint density at radius 2 is 1.92 bits per heavy atom. The third-order valence-electron chi connectivity index (χ3n) is 2.29. The van der Waals surface area contributed by atoms with Gasteiger partial charge in [0.05, 0.1) is 0 Å². The summed E-state index contributed by atoms with van der Waals surface area (Å²) in [5.74, 6) is 0.487. The van der Waals surface area contributed by atoms with E-state index in [1.54, 1.807) is 0 Å². The first-order valence-corrected chi connectivity index (χ1v) is 5.33. The topological polar surface area (TPSA) is 26.0 Å². The number of halogens is 1. The lowest BCUT2D eigenvalue weighted by Gasteiger charge is -2.16. The molecular weight excluding hydrogens is 226 g/mol. The standard InChI is InChI=1S/C11H16BrN/c1-7(2)11(13)9-4-5-10(12)8(3)6-9/h4-7,11H,13H2,1-3H3/t11-/m1/s1. The molecule has 1 aromatic rings. The second kappa shape index (κ2) is 4.25. The minimum Gasteiger partial charge on any atom is -0.324 e. The van der Waals surface area contributed by atoms with Crippen molar-refractivity contribution in [2.75, 3.05) is 0 Å². The molecule has 0 aromatic heterocycles. The van der Waals surface area contributed by atoms with Crippen LogP contribution < -0.4 is 5.73 Å². The number of rotatable bonds is 2. The van der Waals surface area contributed by atoms with Crippen molar-refractivity contribution in [3.8, 4) is 0 Å². The monoisotopic (exact) mass is 241 g/mol. The molecule has 13 heavy (non-hydrogen) atoms.